The fourth-order valence-corrected chi connectivity index (χ4v) is 2.47. The van der Waals surface area contributed by atoms with Crippen LogP contribution in [0.2, 0.25) is 0 Å². The second-order valence-corrected chi connectivity index (χ2v) is 5.37. The summed E-state index contributed by atoms with van der Waals surface area (Å²) in [6.45, 7) is 3.09. The van der Waals surface area contributed by atoms with Crippen LogP contribution in [0.5, 0.6) is 0 Å². The molecule has 2 unspecified atom stereocenters. The molecule has 20 heavy (non-hydrogen) atoms. The van der Waals surface area contributed by atoms with E-state index in [1.807, 2.05) is 24.3 Å². The van der Waals surface area contributed by atoms with Crippen molar-refractivity contribution in [1.29, 1.82) is 0 Å². The standard InChI is InChI=1S/C15H19NO4/c1-8(9(2)15(19)20)14(18)16-13-11-6-4-3-5-10(11)7-12(13)17/h3-6,8-9,12-13,17H,7H2,1-2H3,(H,16,18)(H,19,20)/t8?,9?,12-,13+/m1/s1. The van der Waals surface area contributed by atoms with Gasteiger partial charge in [0.05, 0.1) is 18.1 Å². The fourth-order valence-electron chi connectivity index (χ4n) is 2.47. The molecule has 5 heteroatoms. The van der Waals surface area contributed by atoms with Crippen molar-refractivity contribution >= 4 is 11.9 Å². The zero-order chi connectivity index (χ0) is 14.9. The van der Waals surface area contributed by atoms with Crippen molar-refractivity contribution in [2.24, 2.45) is 11.8 Å². The predicted octanol–water partition coefficient (Wildman–Crippen LogP) is 1.12. The lowest BCUT2D eigenvalue weighted by Gasteiger charge is -2.22. The van der Waals surface area contributed by atoms with Gasteiger partial charge in [-0.1, -0.05) is 38.1 Å². The maximum absolute atomic E-state index is 12.1. The summed E-state index contributed by atoms with van der Waals surface area (Å²) in [4.78, 5) is 23.0. The SMILES string of the molecule is CC(C(=O)O)C(C)C(=O)N[C@H]1c2ccccc2C[C@H]1O. The average Bonchev–Trinajstić information content (AvgIpc) is 2.73. The highest BCUT2D eigenvalue weighted by Gasteiger charge is 2.34. The van der Waals surface area contributed by atoms with Gasteiger partial charge in [-0.2, -0.15) is 0 Å². The summed E-state index contributed by atoms with van der Waals surface area (Å²) in [7, 11) is 0. The number of carboxylic acid groups (broad SMARTS) is 1. The van der Waals surface area contributed by atoms with Gasteiger partial charge >= 0.3 is 5.97 Å². The Morgan fingerprint density at radius 1 is 1.25 bits per heavy atom. The number of rotatable bonds is 4. The Bertz CT molecular complexity index is 528. The summed E-state index contributed by atoms with van der Waals surface area (Å²) in [5.74, 6) is -2.75. The Morgan fingerprint density at radius 2 is 1.90 bits per heavy atom. The Balaban J connectivity index is 2.10. The summed E-state index contributed by atoms with van der Waals surface area (Å²) in [5, 5.41) is 21.8. The largest absolute Gasteiger partial charge is 0.481 e. The predicted molar refractivity (Wildman–Crippen MR) is 73.0 cm³/mol. The van der Waals surface area contributed by atoms with E-state index in [0.29, 0.717) is 6.42 Å². The molecule has 1 amide bonds. The summed E-state index contributed by atoms with van der Waals surface area (Å²) in [6.07, 6.45) is -0.159. The van der Waals surface area contributed by atoms with E-state index in [1.54, 1.807) is 6.92 Å². The normalized spacial score (nSPS) is 23.8. The van der Waals surface area contributed by atoms with Crippen LogP contribution in [-0.4, -0.2) is 28.2 Å². The van der Waals surface area contributed by atoms with Crippen LogP contribution >= 0.6 is 0 Å². The zero-order valence-electron chi connectivity index (χ0n) is 11.5. The van der Waals surface area contributed by atoms with E-state index in [2.05, 4.69) is 5.32 Å². The number of fused-ring (bicyclic) bond motifs is 1. The zero-order valence-corrected chi connectivity index (χ0v) is 11.5. The minimum absolute atomic E-state index is 0.347. The number of aliphatic hydroxyl groups excluding tert-OH is 1. The van der Waals surface area contributed by atoms with Crippen LogP contribution in [0.15, 0.2) is 24.3 Å². The van der Waals surface area contributed by atoms with Crippen LogP contribution in [0.3, 0.4) is 0 Å². The van der Waals surface area contributed by atoms with Crippen LogP contribution in [-0.2, 0) is 16.0 Å². The third kappa shape index (κ3) is 2.67. The van der Waals surface area contributed by atoms with Crippen LogP contribution in [0, 0.1) is 11.8 Å². The van der Waals surface area contributed by atoms with E-state index in [4.69, 9.17) is 5.11 Å². The molecule has 0 saturated heterocycles. The number of carbonyl (C=O) groups excluding carboxylic acids is 1. The van der Waals surface area contributed by atoms with E-state index in [1.165, 1.54) is 6.92 Å². The maximum Gasteiger partial charge on any atom is 0.307 e. The molecular formula is C15H19NO4. The molecule has 3 N–H and O–H groups in total. The topological polar surface area (TPSA) is 86.6 Å². The van der Waals surface area contributed by atoms with E-state index in [-0.39, 0.29) is 5.91 Å². The molecule has 108 valence electrons. The van der Waals surface area contributed by atoms with Gasteiger partial charge in [0.15, 0.2) is 0 Å². The van der Waals surface area contributed by atoms with Crippen molar-refractivity contribution in [2.45, 2.75) is 32.4 Å². The highest BCUT2D eigenvalue weighted by Crippen LogP contribution is 2.31. The quantitative estimate of drug-likeness (QED) is 0.769. The van der Waals surface area contributed by atoms with Crippen molar-refractivity contribution in [3.05, 3.63) is 35.4 Å². The Morgan fingerprint density at radius 3 is 2.55 bits per heavy atom. The molecule has 5 nitrogen and oxygen atoms in total. The summed E-state index contributed by atoms with van der Waals surface area (Å²) < 4.78 is 0. The molecule has 0 fully saturated rings. The minimum atomic E-state index is -1.000. The van der Waals surface area contributed by atoms with Gasteiger partial charge < -0.3 is 15.5 Å². The van der Waals surface area contributed by atoms with Gasteiger partial charge in [0.25, 0.3) is 0 Å². The highest BCUT2D eigenvalue weighted by molar-refractivity contribution is 5.84. The third-order valence-electron chi connectivity index (χ3n) is 4.05. The number of aliphatic carboxylic acids is 1. The Labute approximate surface area is 117 Å². The second kappa shape index (κ2) is 5.63. The molecule has 2 rings (SSSR count). The Kier molecular flexibility index (Phi) is 4.09. The third-order valence-corrected chi connectivity index (χ3v) is 4.05. The van der Waals surface area contributed by atoms with Crippen LogP contribution in [0.1, 0.15) is 31.0 Å². The lowest BCUT2D eigenvalue weighted by Crippen LogP contribution is -2.40. The number of hydrogen-bond donors (Lipinski definition) is 3. The lowest BCUT2D eigenvalue weighted by atomic mass is 9.94. The number of amides is 1. The van der Waals surface area contributed by atoms with Gasteiger partial charge in [0, 0.05) is 12.3 Å². The number of nitrogens with one attached hydrogen (secondary N) is 1. The average molecular weight is 277 g/mol. The van der Waals surface area contributed by atoms with E-state index in [0.717, 1.165) is 11.1 Å². The molecule has 0 aromatic heterocycles. The number of benzene rings is 1. The molecule has 0 saturated carbocycles. The first-order chi connectivity index (χ1) is 9.41. The van der Waals surface area contributed by atoms with Gasteiger partial charge in [-0.25, -0.2) is 0 Å². The molecule has 1 aromatic carbocycles. The Hall–Kier alpha value is -1.88. The van der Waals surface area contributed by atoms with Gasteiger partial charge in [-0.15, -0.1) is 0 Å². The number of aliphatic hydroxyl groups is 1. The fraction of sp³-hybridized carbons (Fsp3) is 0.467. The van der Waals surface area contributed by atoms with Gasteiger partial charge in [0.1, 0.15) is 0 Å². The van der Waals surface area contributed by atoms with Crippen molar-refractivity contribution in [1.82, 2.24) is 5.32 Å². The number of carboxylic acids is 1. The van der Waals surface area contributed by atoms with E-state index in [9.17, 15) is 14.7 Å². The van der Waals surface area contributed by atoms with Crippen molar-refractivity contribution in [3.8, 4) is 0 Å². The first kappa shape index (κ1) is 14.5. The van der Waals surface area contributed by atoms with Crippen LogP contribution in [0.4, 0.5) is 0 Å². The number of carbonyl (C=O) groups is 2. The monoisotopic (exact) mass is 277 g/mol. The first-order valence-corrected chi connectivity index (χ1v) is 6.71. The highest BCUT2D eigenvalue weighted by atomic mass is 16.4. The van der Waals surface area contributed by atoms with E-state index >= 15 is 0 Å². The first-order valence-electron chi connectivity index (χ1n) is 6.71. The lowest BCUT2D eigenvalue weighted by molar-refractivity contribution is -0.146. The van der Waals surface area contributed by atoms with Crippen LogP contribution < -0.4 is 5.32 Å². The van der Waals surface area contributed by atoms with Crippen molar-refractivity contribution in [3.63, 3.8) is 0 Å². The summed E-state index contributed by atoms with van der Waals surface area (Å²) in [6, 6.07) is 7.10. The summed E-state index contributed by atoms with van der Waals surface area (Å²) >= 11 is 0. The van der Waals surface area contributed by atoms with Gasteiger partial charge in [-0.05, 0) is 11.1 Å². The molecule has 1 aliphatic carbocycles. The minimum Gasteiger partial charge on any atom is -0.481 e. The molecule has 0 heterocycles. The molecule has 0 radical (unpaired) electrons. The molecular weight excluding hydrogens is 258 g/mol. The molecule has 0 bridgehead atoms. The smallest absolute Gasteiger partial charge is 0.307 e. The summed E-state index contributed by atoms with van der Waals surface area (Å²) in [5.41, 5.74) is 1.92. The second-order valence-electron chi connectivity index (χ2n) is 5.37. The molecule has 0 aliphatic heterocycles. The molecule has 1 aromatic rings. The molecule has 0 spiro atoms. The van der Waals surface area contributed by atoms with Gasteiger partial charge in [-0.3, -0.25) is 9.59 Å². The van der Waals surface area contributed by atoms with E-state index < -0.39 is 30.0 Å². The maximum atomic E-state index is 12.1. The van der Waals surface area contributed by atoms with Crippen molar-refractivity contribution in [2.75, 3.05) is 0 Å². The van der Waals surface area contributed by atoms with Crippen molar-refractivity contribution < 1.29 is 19.8 Å². The van der Waals surface area contributed by atoms with Crippen LogP contribution in [0.25, 0.3) is 0 Å². The molecule has 4 atom stereocenters. The van der Waals surface area contributed by atoms with Gasteiger partial charge in [0.2, 0.25) is 5.91 Å². The number of hydrogen-bond acceptors (Lipinski definition) is 3. The molecule has 1 aliphatic rings.